The summed E-state index contributed by atoms with van der Waals surface area (Å²) in [5.74, 6) is -0.267. The first kappa shape index (κ1) is 17.7. The van der Waals surface area contributed by atoms with Crippen LogP contribution in [0.2, 0.25) is 0 Å². The molecule has 0 saturated carbocycles. The highest BCUT2D eigenvalue weighted by Gasteiger charge is 2.25. The molecule has 0 spiro atoms. The third-order valence-corrected chi connectivity index (χ3v) is 6.37. The average Bonchev–Trinajstić information content (AvgIpc) is 2.85. The zero-order valence-corrected chi connectivity index (χ0v) is 15.1. The predicted octanol–water partition coefficient (Wildman–Crippen LogP) is 2.84. The number of carbonyl (C=O) groups excluding carboxylic acids is 1. The van der Waals surface area contributed by atoms with Crippen LogP contribution in [-0.2, 0) is 17.1 Å². The van der Waals surface area contributed by atoms with Crippen molar-refractivity contribution in [1.29, 1.82) is 0 Å². The van der Waals surface area contributed by atoms with E-state index >= 15 is 0 Å². The molecule has 7 heteroatoms. The van der Waals surface area contributed by atoms with Gasteiger partial charge in [0.2, 0.25) is 10.0 Å². The molecule has 1 aliphatic heterocycles. The molecule has 25 heavy (non-hydrogen) atoms. The normalized spacial score (nSPS) is 16.4. The summed E-state index contributed by atoms with van der Waals surface area (Å²) < 4.78 is 29.0. The van der Waals surface area contributed by atoms with Gasteiger partial charge in [-0.15, -0.1) is 0 Å². The number of anilines is 1. The lowest BCUT2D eigenvalue weighted by Crippen LogP contribution is -2.32. The van der Waals surface area contributed by atoms with E-state index in [9.17, 15) is 13.2 Å². The van der Waals surface area contributed by atoms with Crippen LogP contribution in [0.15, 0.2) is 47.5 Å². The Labute approximate surface area is 148 Å². The number of hydrogen-bond acceptors (Lipinski definition) is 3. The van der Waals surface area contributed by atoms with Crippen LogP contribution in [0.5, 0.6) is 0 Å². The van der Waals surface area contributed by atoms with Gasteiger partial charge in [0.15, 0.2) is 0 Å². The Morgan fingerprint density at radius 2 is 1.76 bits per heavy atom. The van der Waals surface area contributed by atoms with Gasteiger partial charge in [-0.25, -0.2) is 8.42 Å². The highest BCUT2D eigenvalue weighted by atomic mass is 32.2. The number of carbonyl (C=O) groups is 1. The quantitative estimate of drug-likeness (QED) is 0.910. The van der Waals surface area contributed by atoms with Crippen LogP contribution in [0.4, 0.5) is 5.69 Å². The fourth-order valence-corrected chi connectivity index (χ4v) is 4.62. The van der Waals surface area contributed by atoms with Gasteiger partial charge in [0, 0.05) is 32.0 Å². The Morgan fingerprint density at radius 1 is 1.04 bits per heavy atom. The highest BCUT2D eigenvalue weighted by molar-refractivity contribution is 7.89. The molecule has 0 radical (unpaired) electrons. The summed E-state index contributed by atoms with van der Waals surface area (Å²) in [6, 6.07) is 9.97. The Kier molecular flexibility index (Phi) is 5.24. The molecule has 1 saturated heterocycles. The van der Waals surface area contributed by atoms with Gasteiger partial charge in [-0.2, -0.15) is 4.31 Å². The third kappa shape index (κ3) is 3.93. The van der Waals surface area contributed by atoms with Gasteiger partial charge >= 0.3 is 0 Å². The Morgan fingerprint density at radius 3 is 2.40 bits per heavy atom. The molecule has 2 heterocycles. The first-order chi connectivity index (χ1) is 12.0. The molecule has 1 aromatic carbocycles. The van der Waals surface area contributed by atoms with Crippen LogP contribution in [-0.4, -0.2) is 36.3 Å². The van der Waals surface area contributed by atoms with Crippen molar-refractivity contribution >= 4 is 21.6 Å². The molecule has 0 bridgehead atoms. The summed E-state index contributed by atoms with van der Waals surface area (Å²) in [6.07, 6.45) is 5.71. The number of amides is 1. The number of aromatic nitrogens is 1. The second-order valence-electron chi connectivity index (χ2n) is 6.30. The molecule has 1 N–H and O–H groups in total. The largest absolute Gasteiger partial charge is 0.347 e. The van der Waals surface area contributed by atoms with E-state index in [4.69, 9.17) is 0 Å². The standard InChI is InChI=1S/C18H23N3O3S/c1-20-11-7-10-17(20)18(22)19-15-8-6-9-16(14-15)25(23,24)21-12-4-2-3-5-13-21/h6-11,14H,2-5,12-13H2,1H3,(H,19,22). The summed E-state index contributed by atoms with van der Waals surface area (Å²) in [6.45, 7) is 1.12. The number of rotatable bonds is 4. The van der Waals surface area contributed by atoms with Crippen molar-refractivity contribution in [3.63, 3.8) is 0 Å². The van der Waals surface area contributed by atoms with Gasteiger partial charge in [0.05, 0.1) is 4.90 Å². The summed E-state index contributed by atoms with van der Waals surface area (Å²) >= 11 is 0. The lowest BCUT2D eigenvalue weighted by molar-refractivity contribution is 0.101. The minimum Gasteiger partial charge on any atom is -0.347 e. The zero-order valence-electron chi connectivity index (χ0n) is 14.3. The van der Waals surface area contributed by atoms with E-state index in [2.05, 4.69) is 5.32 Å². The Bertz CT molecular complexity index is 850. The number of aryl methyl sites for hydroxylation is 1. The smallest absolute Gasteiger partial charge is 0.272 e. The van der Waals surface area contributed by atoms with Crippen LogP contribution in [0, 0.1) is 0 Å². The molecule has 3 rings (SSSR count). The first-order valence-corrected chi connectivity index (χ1v) is 9.95. The van der Waals surface area contributed by atoms with Gasteiger partial charge in [-0.1, -0.05) is 18.9 Å². The first-order valence-electron chi connectivity index (χ1n) is 8.51. The molecular weight excluding hydrogens is 338 g/mol. The van der Waals surface area contributed by atoms with Crippen molar-refractivity contribution in [2.45, 2.75) is 30.6 Å². The molecule has 0 aliphatic carbocycles. The van der Waals surface area contributed by atoms with Gasteiger partial charge in [0.25, 0.3) is 5.91 Å². The third-order valence-electron chi connectivity index (χ3n) is 4.47. The molecule has 1 fully saturated rings. The van der Waals surface area contributed by atoms with Crippen LogP contribution < -0.4 is 5.32 Å². The summed E-state index contributed by atoms with van der Waals surface area (Å²) in [4.78, 5) is 12.5. The summed E-state index contributed by atoms with van der Waals surface area (Å²) in [7, 11) is -1.74. The fourth-order valence-electron chi connectivity index (χ4n) is 3.06. The number of sulfonamides is 1. The van der Waals surface area contributed by atoms with E-state index in [1.54, 1.807) is 52.4 Å². The van der Waals surface area contributed by atoms with Gasteiger partial charge in [0.1, 0.15) is 5.69 Å². The van der Waals surface area contributed by atoms with Crippen LogP contribution in [0.25, 0.3) is 0 Å². The van der Waals surface area contributed by atoms with Crippen molar-refractivity contribution < 1.29 is 13.2 Å². The molecule has 0 unspecified atom stereocenters. The van der Waals surface area contributed by atoms with Crippen LogP contribution in [0.1, 0.15) is 36.2 Å². The maximum Gasteiger partial charge on any atom is 0.272 e. The molecule has 2 aromatic rings. The molecule has 134 valence electrons. The van der Waals surface area contributed by atoms with Crippen molar-refractivity contribution in [2.75, 3.05) is 18.4 Å². The van der Waals surface area contributed by atoms with Crippen molar-refractivity contribution in [1.82, 2.24) is 8.87 Å². The number of benzene rings is 1. The van der Waals surface area contributed by atoms with Crippen molar-refractivity contribution in [2.24, 2.45) is 7.05 Å². The van der Waals surface area contributed by atoms with Gasteiger partial charge in [-0.05, 0) is 43.2 Å². The lowest BCUT2D eigenvalue weighted by Gasteiger charge is -2.20. The van der Waals surface area contributed by atoms with Crippen LogP contribution in [0.3, 0.4) is 0 Å². The minimum absolute atomic E-state index is 0.221. The van der Waals surface area contributed by atoms with E-state index in [0.717, 1.165) is 25.7 Å². The maximum absolute atomic E-state index is 12.9. The van der Waals surface area contributed by atoms with Crippen molar-refractivity contribution in [3.05, 3.63) is 48.3 Å². The van der Waals surface area contributed by atoms with E-state index in [0.29, 0.717) is 24.5 Å². The Hall–Kier alpha value is -2.12. The van der Waals surface area contributed by atoms with E-state index in [1.165, 1.54) is 6.07 Å². The number of nitrogens with one attached hydrogen (secondary N) is 1. The molecule has 6 nitrogen and oxygen atoms in total. The van der Waals surface area contributed by atoms with Gasteiger partial charge in [-0.3, -0.25) is 4.79 Å². The van der Waals surface area contributed by atoms with Crippen molar-refractivity contribution in [3.8, 4) is 0 Å². The lowest BCUT2D eigenvalue weighted by atomic mass is 10.2. The monoisotopic (exact) mass is 361 g/mol. The predicted molar refractivity (Wildman–Crippen MR) is 97.0 cm³/mol. The molecule has 1 amide bonds. The average molecular weight is 361 g/mol. The second-order valence-corrected chi connectivity index (χ2v) is 8.24. The fraction of sp³-hybridized carbons (Fsp3) is 0.389. The van der Waals surface area contributed by atoms with E-state index in [-0.39, 0.29) is 10.8 Å². The van der Waals surface area contributed by atoms with E-state index in [1.807, 2.05) is 0 Å². The van der Waals surface area contributed by atoms with Gasteiger partial charge < -0.3 is 9.88 Å². The highest BCUT2D eigenvalue weighted by Crippen LogP contribution is 2.23. The SMILES string of the molecule is Cn1cccc1C(=O)Nc1cccc(S(=O)(=O)N2CCCCCC2)c1. The zero-order chi connectivity index (χ0) is 17.9. The summed E-state index contributed by atoms with van der Waals surface area (Å²) in [5, 5.41) is 2.77. The topological polar surface area (TPSA) is 71.4 Å². The minimum atomic E-state index is -3.53. The number of hydrogen-bond donors (Lipinski definition) is 1. The van der Waals surface area contributed by atoms with E-state index < -0.39 is 10.0 Å². The second kappa shape index (κ2) is 7.41. The molecular formula is C18H23N3O3S. The molecule has 1 aromatic heterocycles. The molecule has 0 atom stereocenters. The number of nitrogens with zero attached hydrogens (tertiary/aromatic N) is 2. The van der Waals surface area contributed by atoms with Crippen LogP contribution >= 0.6 is 0 Å². The molecule has 1 aliphatic rings. The Balaban J connectivity index is 1.81. The summed E-state index contributed by atoms with van der Waals surface area (Å²) in [5.41, 5.74) is 0.989. The maximum atomic E-state index is 12.9.